The Morgan fingerprint density at radius 1 is 1.24 bits per heavy atom. The lowest BCUT2D eigenvalue weighted by molar-refractivity contribution is 0.600. The van der Waals surface area contributed by atoms with Gasteiger partial charge in [0.05, 0.1) is 18.1 Å². The van der Waals surface area contributed by atoms with Crippen molar-refractivity contribution in [3.8, 4) is 0 Å². The predicted octanol–water partition coefficient (Wildman–Crippen LogP) is 2.78. The Morgan fingerprint density at radius 2 is 1.90 bits per heavy atom. The van der Waals surface area contributed by atoms with Crippen LogP contribution in [-0.2, 0) is 10.0 Å². The highest BCUT2D eigenvalue weighted by Crippen LogP contribution is 2.22. The van der Waals surface area contributed by atoms with E-state index in [-0.39, 0.29) is 4.90 Å². The van der Waals surface area contributed by atoms with Crippen LogP contribution in [0.15, 0.2) is 40.0 Å². The third-order valence-corrected chi connectivity index (χ3v) is 4.52. The Kier molecular flexibility index (Phi) is 4.79. The maximum absolute atomic E-state index is 12.3. The molecule has 0 spiro atoms. The Balaban J connectivity index is 2.25. The molecular weight excluding hydrogens is 356 g/mol. The van der Waals surface area contributed by atoms with E-state index in [4.69, 9.17) is 0 Å². The van der Waals surface area contributed by atoms with Crippen molar-refractivity contribution in [1.29, 1.82) is 0 Å². The molecule has 2 rings (SSSR count). The van der Waals surface area contributed by atoms with Crippen LogP contribution in [0.4, 0.5) is 11.6 Å². The fraction of sp³-hybridized carbons (Fsp3) is 0.231. The molecule has 8 heteroatoms. The Hall–Kier alpha value is -1.67. The third-order valence-electron chi connectivity index (χ3n) is 2.71. The molecule has 2 N–H and O–H groups in total. The monoisotopic (exact) mass is 370 g/mol. The fourth-order valence-corrected chi connectivity index (χ4v) is 3.14. The molecule has 2 aromatic rings. The summed E-state index contributed by atoms with van der Waals surface area (Å²) in [5.74, 6) is 0.399. The Morgan fingerprint density at radius 3 is 2.48 bits per heavy atom. The lowest BCUT2D eigenvalue weighted by Gasteiger charge is -2.10. The molecule has 0 fully saturated rings. The average molecular weight is 371 g/mol. The molecule has 0 radical (unpaired) electrons. The van der Waals surface area contributed by atoms with Gasteiger partial charge in [0.25, 0.3) is 10.0 Å². The van der Waals surface area contributed by atoms with Gasteiger partial charge in [0.15, 0.2) is 0 Å². The van der Waals surface area contributed by atoms with Crippen LogP contribution in [0.25, 0.3) is 0 Å². The molecule has 0 unspecified atom stereocenters. The molecule has 0 aliphatic heterocycles. The third kappa shape index (κ3) is 3.92. The van der Waals surface area contributed by atoms with Gasteiger partial charge < -0.3 is 5.32 Å². The Labute approximate surface area is 132 Å². The molecule has 1 aromatic carbocycles. The number of aryl methyl sites for hydroxylation is 1. The van der Waals surface area contributed by atoms with Gasteiger partial charge in [0.2, 0.25) is 5.95 Å². The van der Waals surface area contributed by atoms with Crippen molar-refractivity contribution in [3.05, 3.63) is 40.6 Å². The minimum atomic E-state index is -3.70. The second-order valence-electron chi connectivity index (χ2n) is 4.34. The minimum Gasteiger partial charge on any atom is -0.355 e. The zero-order valence-electron chi connectivity index (χ0n) is 11.6. The first kappa shape index (κ1) is 15.7. The molecule has 0 atom stereocenters. The quantitative estimate of drug-likeness (QED) is 0.845. The van der Waals surface area contributed by atoms with E-state index in [2.05, 4.69) is 35.9 Å². The number of anilines is 2. The van der Waals surface area contributed by atoms with E-state index >= 15 is 0 Å². The van der Waals surface area contributed by atoms with Crippen molar-refractivity contribution >= 4 is 37.6 Å². The van der Waals surface area contributed by atoms with Crippen molar-refractivity contribution in [2.24, 2.45) is 0 Å². The lowest BCUT2D eigenvalue weighted by Crippen LogP contribution is -2.15. The summed E-state index contributed by atoms with van der Waals surface area (Å²) in [6, 6.07) is 5.31. The number of nitrogens with zero attached hydrogens (tertiary/aromatic N) is 2. The number of nitrogens with one attached hydrogen (secondary N) is 2. The molecular formula is C13H15BrN4O2S. The van der Waals surface area contributed by atoms with Crippen LogP contribution in [0.5, 0.6) is 0 Å². The zero-order valence-corrected chi connectivity index (χ0v) is 14.0. The highest BCUT2D eigenvalue weighted by molar-refractivity contribution is 9.10. The smallest absolute Gasteiger partial charge is 0.264 e. The number of hydrogen-bond acceptors (Lipinski definition) is 5. The summed E-state index contributed by atoms with van der Waals surface area (Å²) in [6.45, 7) is 4.40. The largest absolute Gasteiger partial charge is 0.355 e. The molecule has 6 nitrogen and oxygen atoms in total. The number of rotatable bonds is 5. The minimum absolute atomic E-state index is 0.0199. The van der Waals surface area contributed by atoms with Crippen LogP contribution in [0.1, 0.15) is 12.5 Å². The number of benzene rings is 1. The summed E-state index contributed by atoms with van der Waals surface area (Å²) in [7, 11) is -3.70. The molecule has 0 aliphatic carbocycles. The molecule has 0 bridgehead atoms. The van der Waals surface area contributed by atoms with Crippen molar-refractivity contribution < 1.29 is 8.42 Å². The van der Waals surface area contributed by atoms with Crippen LogP contribution in [0.3, 0.4) is 0 Å². The van der Waals surface area contributed by atoms with Crippen molar-refractivity contribution in [1.82, 2.24) is 9.97 Å². The van der Waals surface area contributed by atoms with E-state index in [1.165, 1.54) is 12.4 Å². The van der Waals surface area contributed by atoms with E-state index in [0.717, 1.165) is 10.0 Å². The summed E-state index contributed by atoms with van der Waals surface area (Å²) in [5.41, 5.74) is 1.34. The van der Waals surface area contributed by atoms with Gasteiger partial charge >= 0.3 is 0 Å². The molecule has 1 heterocycles. The van der Waals surface area contributed by atoms with E-state index < -0.39 is 10.0 Å². The van der Waals surface area contributed by atoms with Gasteiger partial charge in [0.1, 0.15) is 4.90 Å². The lowest BCUT2D eigenvalue weighted by atomic mass is 10.2. The normalized spacial score (nSPS) is 11.2. The van der Waals surface area contributed by atoms with Gasteiger partial charge in [-0.05, 0) is 37.6 Å². The van der Waals surface area contributed by atoms with Crippen molar-refractivity contribution in [3.63, 3.8) is 0 Å². The summed E-state index contributed by atoms with van der Waals surface area (Å²) in [6.07, 6.45) is 2.56. The van der Waals surface area contributed by atoms with Gasteiger partial charge in [-0.3, -0.25) is 4.72 Å². The standard InChI is InChI=1S/C13H15BrN4O2S/c1-3-15-13-16-7-11(8-17-13)21(19,20)18-12-5-4-10(14)6-9(12)2/h4-8,18H,3H2,1-2H3,(H,15,16,17). The first-order valence-electron chi connectivity index (χ1n) is 6.27. The number of halogens is 1. The van der Waals surface area contributed by atoms with Crippen molar-refractivity contribution in [2.75, 3.05) is 16.6 Å². The molecule has 112 valence electrons. The Bertz CT molecular complexity index is 732. The van der Waals surface area contributed by atoms with Gasteiger partial charge in [-0.25, -0.2) is 18.4 Å². The summed E-state index contributed by atoms with van der Waals surface area (Å²) < 4.78 is 28.0. The average Bonchev–Trinajstić information content (AvgIpc) is 2.43. The molecule has 0 aliphatic rings. The van der Waals surface area contributed by atoms with Gasteiger partial charge in [-0.1, -0.05) is 15.9 Å². The molecule has 1 aromatic heterocycles. The fourth-order valence-electron chi connectivity index (χ4n) is 1.65. The van der Waals surface area contributed by atoms with Gasteiger partial charge in [-0.15, -0.1) is 0 Å². The topological polar surface area (TPSA) is 84.0 Å². The molecule has 0 saturated heterocycles. The van der Waals surface area contributed by atoms with E-state index in [9.17, 15) is 8.42 Å². The van der Waals surface area contributed by atoms with E-state index in [1.807, 2.05) is 19.9 Å². The van der Waals surface area contributed by atoms with Crippen molar-refractivity contribution in [2.45, 2.75) is 18.7 Å². The van der Waals surface area contributed by atoms with Crippen LogP contribution in [0.2, 0.25) is 0 Å². The van der Waals surface area contributed by atoms with E-state index in [0.29, 0.717) is 18.2 Å². The highest BCUT2D eigenvalue weighted by Gasteiger charge is 2.16. The van der Waals surface area contributed by atoms with Crippen LogP contribution in [0, 0.1) is 6.92 Å². The first-order valence-corrected chi connectivity index (χ1v) is 8.55. The van der Waals surface area contributed by atoms with Gasteiger partial charge in [0, 0.05) is 11.0 Å². The number of sulfonamides is 1. The maximum atomic E-state index is 12.3. The first-order chi connectivity index (χ1) is 9.92. The predicted molar refractivity (Wildman–Crippen MR) is 85.9 cm³/mol. The molecule has 0 amide bonds. The number of hydrogen-bond donors (Lipinski definition) is 2. The zero-order chi connectivity index (χ0) is 15.5. The molecule has 21 heavy (non-hydrogen) atoms. The summed E-state index contributed by atoms with van der Waals surface area (Å²) >= 11 is 3.34. The molecule has 0 saturated carbocycles. The van der Waals surface area contributed by atoms with Gasteiger partial charge in [-0.2, -0.15) is 0 Å². The maximum Gasteiger partial charge on any atom is 0.264 e. The summed E-state index contributed by atoms with van der Waals surface area (Å²) in [5, 5.41) is 2.91. The van der Waals surface area contributed by atoms with Crippen LogP contribution in [-0.4, -0.2) is 24.9 Å². The van der Waals surface area contributed by atoms with E-state index in [1.54, 1.807) is 12.1 Å². The second kappa shape index (κ2) is 6.40. The van der Waals surface area contributed by atoms with Crippen LogP contribution >= 0.6 is 15.9 Å². The SMILES string of the molecule is CCNc1ncc(S(=O)(=O)Nc2ccc(Br)cc2C)cn1. The number of aromatic nitrogens is 2. The second-order valence-corrected chi connectivity index (χ2v) is 6.94. The highest BCUT2D eigenvalue weighted by atomic mass is 79.9. The summed E-state index contributed by atoms with van der Waals surface area (Å²) in [4.78, 5) is 7.95. The van der Waals surface area contributed by atoms with Crippen LogP contribution < -0.4 is 10.0 Å².